The Morgan fingerprint density at radius 1 is 1.46 bits per heavy atom. The Morgan fingerprint density at radius 2 is 2.00 bits per heavy atom. The van der Waals surface area contributed by atoms with Gasteiger partial charge in [0.05, 0.1) is 12.7 Å². The molecule has 0 spiro atoms. The monoisotopic (exact) mass is 189 g/mol. The van der Waals surface area contributed by atoms with Crippen LogP contribution in [0, 0.1) is 5.92 Å². The largest absolute Gasteiger partial charge is 0.461 e. The highest BCUT2D eigenvalue weighted by atomic mass is 16.5. The highest BCUT2D eigenvalue weighted by Gasteiger charge is 2.17. The van der Waals surface area contributed by atoms with E-state index in [4.69, 9.17) is 15.6 Å². The third kappa shape index (κ3) is 5.60. The number of aliphatic hydroxyl groups excluding tert-OH is 1. The lowest BCUT2D eigenvalue weighted by molar-refractivity contribution is -0.151. The summed E-state index contributed by atoms with van der Waals surface area (Å²) in [6, 6.07) is -0.908. The summed E-state index contributed by atoms with van der Waals surface area (Å²) < 4.78 is 4.99. The van der Waals surface area contributed by atoms with Crippen LogP contribution in [-0.2, 0) is 9.53 Å². The van der Waals surface area contributed by atoms with Crippen LogP contribution in [0.4, 0.5) is 0 Å². The zero-order chi connectivity index (χ0) is 10.4. The molecule has 13 heavy (non-hydrogen) atoms. The Bertz CT molecular complexity index is 159. The maximum atomic E-state index is 11.1. The lowest BCUT2D eigenvalue weighted by Crippen LogP contribution is -2.37. The topological polar surface area (TPSA) is 72.5 Å². The predicted octanol–water partition coefficient (Wildman–Crippen LogP) is 0.284. The molecule has 0 aliphatic rings. The second kappa shape index (κ2) is 5.94. The van der Waals surface area contributed by atoms with Crippen LogP contribution in [0.2, 0.25) is 0 Å². The molecule has 0 fully saturated rings. The molecule has 4 heteroatoms. The van der Waals surface area contributed by atoms with Crippen molar-refractivity contribution >= 4 is 5.97 Å². The highest BCUT2D eigenvalue weighted by molar-refractivity contribution is 5.75. The first-order chi connectivity index (χ1) is 5.97. The first-order valence-electron chi connectivity index (χ1n) is 4.54. The summed E-state index contributed by atoms with van der Waals surface area (Å²) in [6.07, 6.45) is 0.675. The van der Waals surface area contributed by atoms with Gasteiger partial charge < -0.3 is 15.6 Å². The van der Waals surface area contributed by atoms with Gasteiger partial charge >= 0.3 is 5.97 Å². The minimum atomic E-state index is -0.908. The van der Waals surface area contributed by atoms with Gasteiger partial charge in [-0.15, -0.1) is 0 Å². The number of aliphatic hydroxyl groups is 1. The Labute approximate surface area is 79.1 Å². The molecule has 0 rings (SSSR count). The SMILES string of the molecule is CC(C)CC(C)OC(=O)[C@@H](N)CO. The van der Waals surface area contributed by atoms with Crippen LogP contribution >= 0.6 is 0 Å². The minimum Gasteiger partial charge on any atom is -0.461 e. The molecule has 0 saturated heterocycles. The van der Waals surface area contributed by atoms with E-state index in [-0.39, 0.29) is 12.7 Å². The molecular weight excluding hydrogens is 170 g/mol. The van der Waals surface area contributed by atoms with E-state index in [1.807, 2.05) is 6.92 Å². The number of rotatable bonds is 5. The normalized spacial score (nSPS) is 15.5. The molecule has 4 nitrogen and oxygen atoms in total. The maximum Gasteiger partial charge on any atom is 0.325 e. The van der Waals surface area contributed by atoms with E-state index in [1.54, 1.807) is 0 Å². The van der Waals surface area contributed by atoms with E-state index in [9.17, 15) is 4.79 Å². The van der Waals surface area contributed by atoms with E-state index in [0.29, 0.717) is 5.92 Å². The molecule has 0 radical (unpaired) electrons. The van der Waals surface area contributed by atoms with Gasteiger partial charge in [-0.2, -0.15) is 0 Å². The van der Waals surface area contributed by atoms with Crippen LogP contribution in [-0.4, -0.2) is 29.8 Å². The molecule has 1 unspecified atom stereocenters. The Balaban J connectivity index is 3.77. The second-order valence-electron chi connectivity index (χ2n) is 3.67. The van der Waals surface area contributed by atoms with Crippen LogP contribution < -0.4 is 5.73 Å². The van der Waals surface area contributed by atoms with Crippen LogP contribution in [0.1, 0.15) is 27.2 Å². The van der Waals surface area contributed by atoms with E-state index in [2.05, 4.69) is 13.8 Å². The van der Waals surface area contributed by atoms with Crippen molar-refractivity contribution in [1.82, 2.24) is 0 Å². The number of carbonyl (C=O) groups excluding carboxylic acids is 1. The molecule has 0 bridgehead atoms. The summed E-state index contributed by atoms with van der Waals surface area (Å²) in [5.41, 5.74) is 5.27. The maximum absolute atomic E-state index is 11.1. The Kier molecular flexibility index (Phi) is 5.66. The first kappa shape index (κ1) is 12.4. The fraction of sp³-hybridized carbons (Fsp3) is 0.889. The summed E-state index contributed by atoms with van der Waals surface area (Å²) >= 11 is 0. The molecule has 0 heterocycles. The summed E-state index contributed by atoms with van der Waals surface area (Å²) in [4.78, 5) is 11.1. The van der Waals surface area contributed by atoms with Crippen molar-refractivity contribution in [3.05, 3.63) is 0 Å². The fourth-order valence-corrected chi connectivity index (χ4v) is 1.07. The predicted molar refractivity (Wildman–Crippen MR) is 50.1 cm³/mol. The third-order valence-corrected chi connectivity index (χ3v) is 1.62. The van der Waals surface area contributed by atoms with Crippen molar-refractivity contribution in [3.63, 3.8) is 0 Å². The lowest BCUT2D eigenvalue weighted by atomic mass is 10.1. The number of carbonyl (C=O) groups is 1. The van der Waals surface area contributed by atoms with Crippen LogP contribution in [0.5, 0.6) is 0 Å². The van der Waals surface area contributed by atoms with Gasteiger partial charge in [0.15, 0.2) is 0 Å². The summed E-state index contributed by atoms with van der Waals surface area (Å²) in [7, 11) is 0. The smallest absolute Gasteiger partial charge is 0.325 e. The van der Waals surface area contributed by atoms with Crippen molar-refractivity contribution in [2.45, 2.75) is 39.3 Å². The zero-order valence-electron chi connectivity index (χ0n) is 8.49. The highest BCUT2D eigenvalue weighted by Crippen LogP contribution is 2.07. The standard InChI is InChI=1S/C9H19NO3/c1-6(2)4-7(3)13-9(12)8(10)5-11/h6-8,11H,4-5,10H2,1-3H3/t7?,8-/m0/s1. The second-order valence-corrected chi connectivity index (χ2v) is 3.67. The number of hydrogen-bond donors (Lipinski definition) is 2. The van der Waals surface area contributed by atoms with Gasteiger partial charge in [0.25, 0.3) is 0 Å². The molecule has 0 saturated carbocycles. The molecule has 0 aromatic heterocycles. The molecule has 0 aliphatic carbocycles. The lowest BCUT2D eigenvalue weighted by Gasteiger charge is -2.17. The Morgan fingerprint density at radius 3 is 2.38 bits per heavy atom. The average Bonchev–Trinajstić information content (AvgIpc) is 2.01. The summed E-state index contributed by atoms with van der Waals surface area (Å²) in [5.74, 6) is -0.0520. The molecule has 0 aromatic carbocycles. The van der Waals surface area contributed by atoms with Gasteiger partial charge in [-0.05, 0) is 19.3 Å². The van der Waals surface area contributed by atoms with Gasteiger partial charge in [0.1, 0.15) is 6.04 Å². The molecule has 0 aliphatic heterocycles. The van der Waals surface area contributed by atoms with Gasteiger partial charge in [-0.3, -0.25) is 4.79 Å². The molecule has 2 atom stereocenters. The van der Waals surface area contributed by atoms with E-state index >= 15 is 0 Å². The van der Waals surface area contributed by atoms with E-state index in [1.165, 1.54) is 0 Å². The van der Waals surface area contributed by atoms with Crippen molar-refractivity contribution < 1.29 is 14.6 Å². The van der Waals surface area contributed by atoms with Crippen molar-refractivity contribution in [2.24, 2.45) is 11.7 Å². The molecule has 78 valence electrons. The minimum absolute atomic E-state index is 0.134. The van der Waals surface area contributed by atoms with E-state index < -0.39 is 12.0 Å². The molecule has 3 N–H and O–H groups in total. The molecular formula is C9H19NO3. The number of ether oxygens (including phenoxy) is 1. The van der Waals surface area contributed by atoms with Crippen molar-refractivity contribution in [3.8, 4) is 0 Å². The number of hydrogen-bond acceptors (Lipinski definition) is 4. The number of esters is 1. The van der Waals surface area contributed by atoms with Crippen molar-refractivity contribution in [2.75, 3.05) is 6.61 Å². The summed E-state index contributed by atoms with van der Waals surface area (Å²) in [5, 5.41) is 8.57. The quantitative estimate of drug-likeness (QED) is 0.609. The molecule has 0 aromatic rings. The molecule has 0 amide bonds. The van der Waals surface area contributed by atoms with Crippen LogP contribution in [0.3, 0.4) is 0 Å². The van der Waals surface area contributed by atoms with Gasteiger partial charge in [0.2, 0.25) is 0 Å². The van der Waals surface area contributed by atoms with Gasteiger partial charge in [0, 0.05) is 0 Å². The van der Waals surface area contributed by atoms with Crippen LogP contribution in [0.15, 0.2) is 0 Å². The van der Waals surface area contributed by atoms with Gasteiger partial charge in [-0.1, -0.05) is 13.8 Å². The summed E-state index contributed by atoms with van der Waals surface area (Å²) in [6.45, 7) is 5.56. The number of nitrogens with two attached hydrogens (primary N) is 1. The Hall–Kier alpha value is -0.610. The van der Waals surface area contributed by atoms with Gasteiger partial charge in [-0.25, -0.2) is 0 Å². The van der Waals surface area contributed by atoms with Crippen molar-refractivity contribution in [1.29, 1.82) is 0 Å². The zero-order valence-corrected chi connectivity index (χ0v) is 8.49. The average molecular weight is 189 g/mol. The van der Waals surface area contributed by atoms with Crippen LogP contribution in [0.25, 0.3) is 0 Å². The third-order valence-electron chi connectivity index (χ3n) is 1.62. The fourth-order valence-electron chi connectivity index (χ4n) is 1.07. The first-order valence-corrected chi connectivity index (χ1v) is 4.54. The van der Waals surface area contributed by atoms with E-state index in [0.717, 1.165) is 6.42 Å².